The molecule has 0 unspecified atom stereocenters. The molecule has 0 aromatic rings. The van der Waals surface area contributed by atoms with E-state index in [0.29, 0.717) is 11.8 Å². The second-order valence-electron chi connectivity index (χ2n) is 5.59. The van der Waals surface area contributed by atoms with Gasteiger partial charge in [0, 0.05) is 0 Å². The summed E-state index contributed by atoms with van der Waals surface area (Å²) in [5.74, 6) is 1.77. The monoisotopic (exact) mass is 280 g/mol. The molecular formula is C15H28N4O. The van der Waals surface area contributed by atoms with Crippen LogP contribution in [0.3, 0.4) is 0 Å². The number of guanidine groups is 1. The van der Waals surface area contributed by atoms with Gasteiger partial charge in [0.05, 0.1) is 11.8 Å². The fourth-order valence-corrected chi connectivity index (χ4v) is 2.65. The average Bonchev–Trinajstić information content (AvgIpc) is 2.39. The van der Waals surface area contributed by atoms with Crippen LogP contribution in [0, 0.1) is 17.2 Å². The average molecular weight is 280 g/mol. The molecule has 1 aliphatic heterocycles. The highest BCUT2D eigenvalue weighted by atomic mass is 16.5. The van der Waals surface area contributed by atoms with Crippen LogP contribution in [0.15, 0.2) is 16.8 Å². The predicted molar refractivity (Wildman–Crippen MR) is 84.0 cm³/mol. The molecule has 0 bridgehead atoms. The Morgan fingerprint density at radius 3 is 2.75 bits per heavy atom. The van der Waals surface area contributed by atoms with Gasteiger partial charge in [-0.05, 0) is 38.0 Å². The van der Waals surface area contributed by atoms with Crippen molar-refractivity contribution in [3.8, 4) is 0 Å². The lowest BCUT2D eigenvalue weighted by Crippen LogP contribution is -2.53. The first-order chi connectivity index (χ1) is 9.40. The number of hydrogen-bond acceptors (Lipinski definition) is 3. The van der Waals surface area contributed by atoms with Gasteiger partial charge in [-0.25, -0.2) is 0 Å². The van der Waals surface area contributed by atoms with E-state index in [-0.39, 0.29) is 24.1 Å². The molecule has 114 valence electrons. The van der Waals surface area contributed by atoms with E-state index < -0.39 is 0 Å². The second-order valence-corrected chi connectivity index (χ2v) is 5.59. The number of nitrogens with zero attached hydrogens (tertiary/aromatic N) is 1. The Labute approximate surface area is 122 Å². The summed E-state index contributed by atoms with van der Waals surface area (Å²) in [5.41, 5.74) is 5.48. The van der Waals surface area contributed by atoms with Crippen LogP contribution in [-0.2, 0) is 4.74 Å². The third-order valence-electron chi connectivity index (χ3n) is 4.14. The van der Waals surface area contributed by atoms with Gasteiger partial charge >= 0.3 is 0 Å². The van der Waals surface area contributed by atoms with Crippen molar-refractivity contribution in [3.63, 3.8) is 0 Å². The Hall–Kier alpha value is -1.52. The van der Waals surface area contributed by atoms with Crippen molar-refractivity contribution in [2.45, 2.75) is 59.2 Å². The number of nitrogens with two attached hydrogens (primary N) is 1. The molecule has 0 spiro atoms. The van der Waals surface area contributed by atoms with Crippen molar-refractivity contribution in [1.82, 2.24) is 5.32 Å². The van der Waals surface area contributed by atoms with Crippen molar-refractivity contribution in [2.24, 2.45) is 22.6 Å². The molecular weight excluding hydrogens is 252 g/mol. The largest absolute Gasteiger partial charge is 0.493 e. The maximum Gasteiger partial charge on any atom is 0.186 e. The predicted octanol–water partition coefficient (Wildman–Crippen LogP) is 2.28. The van der Waals surface area contributed by atoms with Gasteiger partial charge in [-0.1, -0.05) is 27.2 Å². The van der Waals surface area contributed by atoms with Crippen LogP contribution in [-0.4, -0.2) is 30.4 Å². The molecule has 0 amide bonds. The van der Waals surface area contributed by atoms with Crippen LogP contribution < -0.4 is 11.1 Å². The standard InChI is InChI=1S/C15H28N4O/c1-6-9(3)11(5)14-13(18-7-2)12(19-15(16)17)8-10(4)20-14/h7-9,11-14H,6H2,1-5H3,(H4,16,17,19)/b18-7+/t9-,11-,12+,13-,14+/m1/s1. The van der Waals surface area contributed by atoms with Gasteiger partial charge in [0.15, 0.2) is 5.96 Å². The molecule has 5 heteroatoms. The molecule has 5 atom stereocenters. The third-order valence-corrected chi connectivity index (χ3v) is 4.14. The molecule has 0 aromatic carbocycles. The van der Waals surface area contributed by atoms with Crippen LogP contribution in [0.2, 0.25) is 0 Å². The first-order valence-corrected chi connectivity index (χ1v) is 7.34. The Kier molecular flexibility index (Phi) is 6.05. The van der Waals surface area contributed by atoms with E-state index in [1.165, 1.54) is 0 Å². The summed E-state index contributed by atoms with van der Waals surface area (Å²) in [4.78, 5) is 4.56. The number of allylic oxidation sites excluding steroid dienone is 1. The summed E-state index contributed by atoms with van der Waals surface area (Å²) in [6.45, 7) is 10.5. The van der Waals surface area contributed by atoms with Crippen molar-refractivity contribution in [3.05, 3.63) is 11.8 Å². The summed E-state index contributed by atoms with van der Waals surface area (Å²) in [7, 11) is 0. The van der Waals surface area contributed by atoms with E-state index in [1.54, 1.807) is 6.21 Å². The Bertz CT molecular complexity index is 391. The molecule has 1 aliphatic rings. The van der Waals surface area contributed by atoms with Gasteiger partial charge in [-0.15, -0.1) is 0 Å². The zero-order valence-electron chi connectivity index (χ0n) is 13.2. The van der Waals surface area contributed by atoms with E-state index in [1.807, 2.05) is 19.9 Å². The fraction of sp³-hybridized carbons (Fsp3) is 0.733. The zero-order chi connectivity index (χ0) is 15.3. The smallest absolute Gasteiger partial charge is 0.186 e. The molecule has 1 rings (SSSR count). The molecule has 1 heterocycles. The second kappa shape index (κ2) is 7.31. The van der Waals surface area contributed by atoms with Crippen LogP contribution in [0.25, 0.3) is 0 Å². The third kappa shape index (κ3) is 3.99. The molecule has 0 aliphatic carbocycles. The molecule has 0 aromatic heterocycles. The lowest BCUT2D eigenvalue weighted by molar-refractivity contribution is 0.0127. The molecule has 20 heavy (non-hydrogen) atoms. The SMILES string of the molecule is C/C=N/[C@H]1[C@H]([C@H](C)[C@H](C)CC)OC(C)=C[C@@H]1NC(=N)N. The van der Waals surface area contributed by atoms with Crippen LogP contribution in [0.4, 0.5) is 0 Å². The highest BCUT2D eigenvalue weighted by molar-refractivity contribution is 5.75. The summed E-state index contributed by atoms with van der Waals surface area (Å²) in [6, 6.07) is -0.148. The topological polar surface area (TPSA) is 83.5 Å². The maximum atomic E-state index is 7.46. The molecule has 0 saturated heterocycles. The Morgan fingerprint density at radius 2 is 2.25 bits per heavy atom. The van der Waals surface area contributed by atoms with E-state index in [9.17, 15) is 0 Å². The van der Waals surface area contributed by atoms with Crippen LogP contribution >= 0.6 is 0 Å². The minimum absolute atomic E-state index is 0.00278. The van der Waals surface area contributed by atoms with E-state index in [4.69, 9.17) is 15.9 Å². The van der Waals surface area contributed by atoms with E-state index in [2.05, 4.69) is 31.1 Å². The fourth-order valence-electron chi connectivity index (χ4n) is 2.65. The summed E-state index contributed by atoms with van der Waals surface area (Å²) >= 11 is 0. The first kappa shape index (κ1) is 16.5. The number of hydrogen-bond donors (Lipinski definition) is 3. The van der Waals surface area contributed by atoms with Gasteiger partial charge in [0.25, 0.3) is 0 Å². The lowest BCUT2D eigenvalue weighted by Gasteiger charge is -2.39. The highest BCUT2D eigenvalue weighted by Crippen LogP contribution is 2.30. The normalized spacial score (nSPS) is 29.4. The summed E-state index contributed by atoms with van der Waals surface area (Å²) in [5, 5.41) is 10.4. The van der Waals surface area contributed by atoms with Crippen LogP contribution in [0.5, 0.6) is 0 Å². The molecule has 5 nitrogen and oxygen atoms in total. The van der Waals surface area contributed by atoms with Crippen molar-refractivity contribution < 1.29 is 4.74 Å². The van der Waals surface area contributed by atoms with Gasteiger partial charge in [-0.2, -0.15) is 0 Å². The molecule has 4 N–H and O–H groups in total. The first-order valence-electron chi connectivity index (χ1n) is 7.34. The Balaban J connectivity index is 3.03. The van der Waals surface area contributed by atoms with Gasteiger partial charge in [0.2, 0.25) is 0 Å². The zero-order valence-corrected chi connectivity index (χ0v) is 13.2. The van der Waals surface area contributed by atoms with Gasteiger partial charge in [-0.3, -0.25) is 10.4 Å². The van der Waals surface area contributed by atoms with Crippen LogP contribution in [0.1, 0.15) is 41.0 Å². The highest BCUT2D eigenvalue weighted by Gasteiger charge is 2.38. The number of aliphatic imine (C=N–C) groups is 1. The van der Waals surface area contributed by atoms with Crippen molar-refractivity contribution in [1.29, 1.82) is 5.41 Å². The van der Waals surface area contributed by atoms with Gasteiger partial charge in [0.1, 0.15) is 12.1 Å². The summed E-state index contributed by atoms with van der Waals surface area (Å²) in [6.07, 6.45) is 4.87. The molecule has 0 fully saturated rings. The summed E-state index contributed by atoms with van der Waals surface area (Å²) < 4.78 is 6.04. The molecule has 0 radical (unpaired) electrons. The quantitative estimate of drug-likeness (QED) is 0.533. The van der Waals surface area contributed by atoms with Crippen molar-refractivity contribution in [2.75, 3.05) is 0 Å². The van der Waals surface area contributed by atoms with E-state index in [0.717, 1.165) is 12.2 Å². The number of rotatable bonds is 5. The maximum absolute atomic E-state index is 7.46. The minimum Gasteiger partial charge on any atom is -0.493 e. The Morgan fingerprint density at radius 1 is 1.60 bits per heavy atom. The molecule has 0 saturated carbocycles. The lowest BCUT2D eigenvalue weighted by atomic mass is 9.82. The van der Waals surface area contributed by atoms with Gasteiger partial charge < -0.3 is 15.8 Å². The van der Waals surface area contributed by atoms with Crippen molar-refractivity contribution >= 4 is 12.2 Å². The van der Waals surface area contributed by atoms with E-state index >= 15 is 0 Å². The number of ether oxygens (including phenoxy) is 1. The minimum atomic E-state index is -0.0889. The number of nitrogens with one attached hydrogen (secondary N) is 2.